The zero-order valence-corrected chi connectivity index (χ0v) is 11.3. The van der Waals surface area contributed by atoms with Gasteiger partial charge < -0.3 is 0 Å². The van der Waals surface area contributed by atoms with Crippen LogP contribution in [-0.4, -0.2) is 10.8 Å². The fourth-order valence-corrected chi connectivity index (χ4v) is 2.74. The van der Waals surface area contributed by atoms with Crippen molar-refractivity contribution < 1.29 is 4.79 Å². The van der Waals surface area contributed by atoms with Gasteiger partial charge in [0.1, 0.15) is 5.78 Å². The minimum absolute atomic E-state index is 0.322. The third-order valence-electron chi connectivity index (χ3n) is 3.68. The monoisotopic (exact) mass is 251 g/mol. The highest BCUT2D eigenvalue weighted by atomic mass is 16.1. The molecular weight excluding hydrogens is 234 g/mol. The lowest BCUT2D eigenvalue weighted by Crippen LogP contribution is -1.96. The smallest absolute Gasteiger partial charge is 0.141 e. The van der Waals surface area contributed by atoms with Gasteiger partial charge in [-0.25, -0.2) is 0 Å². The van der Waals surface area contributed by atoms with Crippen molar-refractivity contribution in [1.29, 1.82) is 0 Å². The lowest BCUT2D eigenvalue weighted by molar-refractivity contribution is -0.117. The van der Waals surface area contributed by atoms with Gasteiger partial charge >= 0.3 is 0 Å². The minimum atomic E-state index is 0.322. The summed E-state index contributed by atoms with van der Waals surface area (Å²) in [5.74, 6) is 0.716. The summed E-state index contributed by atoms with van der Waals surface area (Å²) in [7, 11) is 0. The molecule has 2 aromatic rings. The molecule has 0 atom stereocenters. The van der Waals surface area contributed by atoms with Gasteiger partial charge in [0.25, 0.3) is 0 Å². The summed E-state index contributed by atoms with van der Waals surface area (Å²) in [5, 5.41) is 0. The van der Waals surface area contributed by atoms with Crippen molar-refractivity contribution in [2.45, 2.75) is 32.6 Å². The van der Waals surface area contributed by atoms with Crippen LogP contribution in [0, 0.1) is 0 Å². The normalized spacial score (nSPS) is 13.9. The molecule has 2 heteroatoms. The SMILES string of the molecule is CC(C)c1ncccc1-c1ccc2c(c1)CC(=O)C2. The number of pyridine rings is 1. The number of hydrogen-bond acceptors (Lipinski definition) is 2. The van der Waals surface area contributed by atoms with E-state index in [0.29, 0.717) is 24.5 Å². The number of fused-ring (bicyclic) bond motifs is 1. The molecule has 1 aromatic carbocycles. The molecule has 2 nitrogen and oxygen atoms in total. The highest BCUT2D eigenvalue weighted by Gasteiger charge is 2.19. The van der Waals surface area contributed by atoms with E-state index in [1.165, 1.54) is 22.3 Å². The topological polar surface area (TPSA) is 30.0 Å². The van der Waals surface area contributed by atoms with Gasteiger partial charge in [0.15, 0.2) is 0 Å². The fraction of sp³-hybridized carbons (Fsp3) is 0.294. The van der Waals surface area contributed by atoms with Gasteiger partial charge in [-0.15, -0.1) is 0 Å². The second kappa shape index (κ2) is 4.61. The first kappa shape index (κ1) is 12.1. The zero-order chi connectivity index (χ0) is 13.4. The predicted molar refractivity (Wildman–Crippen MR) is 76.2 cm³/mol. The largest absolute Gasteiger partial charge is 0.299 e. The second-order valence-corrected chi connectivity index (χ2v) is 5.47. The first-order chi connectivity index (χ1) is 9.15. The molecule has 0 aliphatic heterocycles. The summed E-state index contributed by atoms with van der Waals surface area (Å²) in [5.41, 5.74) is 5.83. The third kappa shape index (κ3) is 2.19. The molecule has 0 saturated heterocycles. The molecule has 1 aromatic heterocycles. The molecule has 3 rings (SSSR count). The maximum Gasteiger partial charge on any atom is 0.141 e. The van der Waals surface area contributed by atoms with Crippen LogP contribution in [0.3, 0.4) is 0 Å². The standard InChI is InChI=1S/C17H17NO/c1-11(2)17-16(4-3-7-18-17)13-6-5-12-9-15(19)10-14(12)8-13/h3-8,11H,9-10H2,1-2H3. The van der Waals surface area contributed by atoms with E-state index in [-0.39, 0.29) is 0 Å². The number of carbonyl (C=O) groups excluding carboxylic acids is 1. The quantitative estimate of drug-likeness (QED) is 0.817. The van der Waals surface area contributed by atoms with Crippen molar-refractivity contribution in [2.75, 3.05) is 0 Å². The lowest BCUT2D eigenvalue weighted by atomic mass is 9.95. The zero-order valence-electron chi connectivity index (χ0n) is 11.3. The highest BCUT2D eigenvalue weighted by molar-refractivity contribution is 5.88. The summed E-state index contributed by atoms with van der Waals surface area (Å²) in [6.07, 6.45) is 3.02. The lowest BCUT2D eigenvalue weighted by Gasteiger charge is -2.12. The van der Waals surface area contributed by atoms with E-state index in [4.69, 9.17) is 0 Å². The van der Waals surface area contributed by atoms with E-state index >= 15 is 0 Å². The van der Waals surface area contributed by atoms with E-state index in [9.17, 15) is 4.79 Å². The molecule has 1 aliphatic rings. The molecule has 0 spiro atoms. The van der Waals surface area contributed by atoms with E-state index < -0.39 is 0 Å². The first-order valence-electron chi connectivity index (χ1n) is 6.74. The van der Waals surface area contributed by atoms with Gasteiger partial charge in [0.05, 0.1) is 5.69 Å². The molecule has 0 N–H and O–H groups in total. The van der Waals surface area contributed by atoms with Crippen LogP contribution in [0.5, 0.6) is 0 Å². The Morgan fingerprint density at radius 1 is 1.11 bits per heavy atom. The van der Waals surface area contributed by atoms with Gasteiger partial charge in [-0.1, -0.05) is 38.1 Å². The average Bonchev–Trinajstić information content (AvgIpc) is 2.77. The second-order valence-electron chi connectivity index (χ2n) is 5.47. The van der Waals surface area contributed by atoms with Crippen molar-refractivity contribution in [2.24, 2.45) is 0 Å². The number of carbonyl (C=O) groups is 1. The van der Waals surface area contributed by atoms with Crippen LogP contribution in [0.15, 0.2) is 36.5 Å². The molecular formula is C17H17NO. The number of hydrogen-bond donors (Lipinski definition) is 0. The van der Waals surface area contributed by atoms with E-state index in [0.717, 1.165) is 5.69 Å². The molecule has 0 bridgehead atoms. The Morgan fingerprint density at radius 3 is 2.68 bits per heavy atom. The number of aromatic nitrogens is 1. The average molecular weight is 251 g/mol. The molecule has 0 radical (unpaired) electrons. The Bertz CT molecular complexity index is 643. The molecule has 1 aliphatic carbocycles. The maximum atomic E-state index is 11.5. The number of benzene rings is 1. The van der Waals surface area contributed by atoms with E-state index in [1.807, 2.05) is 12.3 Å². The van der Waals surface area contributed by atoms with E-state index in [1.54, 1.807) is 0 Å². The predicted octanol–water partition coefficient (Wildman–Crippen LogP) is 3.54. The summed E-state index contributed by atoms with van der Waals surface area (Å²) in [4.78, 5) is 16.0. The molecule has 0 amide bonds. The number of nitrogens with zero attached hydrogens (tertiary/aromatic N) is 1. The third-order valence-corrected chi connectivity index (χ3v) is 3.68. The van der Waals surface area contributed by atoms with Crippen LogP contribution in [-0.2, 0) is 17.6 Å². The van der Waals surface area contributed by atoms with Gasteiger partial charge in [0, 0.05) is 24.6 Å². The summed E-state index contributed by atoms with van der Waals surface area (Å²) in [6.45, 7) is 4.31. The Kier molecular flexibility index (Phi) is 2.94. The van der Waals surface area contributed by atoms with Crippen LogP contribution in [0.1, 0.15) is 36.6 Å². The number of rotatable bonds is 2. The van der Waals surface area contributed by atoms with Gasteiger partial charge in [-0.3, -0.25) is 9.78 Å². The number of Topliss-reactive ketones (excluding diaryl/α,β-unsaturated/α-hetero) is 1. The molecule has 0 fully saturated rings. The van der Waals surface area contributed by atoms with Crippen LogP contribution in [0.4, 0.5) is 0 Å². The minimum Gasteiger partial charge on any atom is -0.299 e. The van der Waals surface area contributed by atoms with Gasteiger partial charge in [0.2, 0.25) is 0 Å². The van der Waals surface area contributed by atoms with Crippen LogP contribution in [0.25, 0.3) is 11.1 Å². The van der Waals surface area contributed by atoms with Crippen molar-refractivity contribution in [3.8, 4) is 11.1 Å². The highest BCUT2D eigenvalue weighted by Crippen LogP contribution is 2.30. The van der Waals surface area contributed by atoms with Crippen molar-refractivity contribution in [1.82, 2.24) is 4.98 Å². The molecule has 0 saturated carbocycles. The van der Waals surface area contributed by atoms with E-state index in [2.05, 4.69) is 43.1 Å². The number of ketones is 1. The van der Waals surface area contributed by atoms with Crippen LogP contribution in [0.2, 0.25) is 0 Å². The Labute approximate surface area is 113 Å². The maximum absolute atomic E-state index is 11.5. The van der Waals surface area contributed by atoms with Crippen LogP contribution >= 0.6 is 0 Å². The summed E-state index contributed by atoms with van der Waals surface area (Å²) < 4.78 is 0. The summed E-state index contributed by atoms with van der Waals surface area (Å²) >= 11 is 0. The van der Waals surface area contributed by atoms with Crippen molar-refractivity contribution in [3.63, 3.8) is 0 Å². The van der Waals surface area contributed by atoms with Crippen molar-refractivity contribution >= 4 is 5.78 Å². The van der Waals surface area contributed by atoms with Gasteiger partial charge in [-0.2, -0.15) is 0 Å². The Hall–Kier alpha value is -1.96. The Balaban J connectivity index is 2.09. The summed E-state index contributed by atoms with van der Waals surface area (Å²) in [6, 6.07) is 10.4. The first-order valence-corrected chi connectivity index (χ1v) is 6.74. The molecule has 1 heterocycles. The molecule has 96 valence electrons. The Morgan fingerprint density at radius 2 is 1.89 bits per heavy atom. The fourth-order valence-electron chi connectivity index (χ4n) is 2.74. The molecule has 19 heavy (non-hydrogen) atoms. The van der Waals surface area contributed by atoms with Gasteiger partial charge in [-0.05, 0) is 28.7 Å². The van der Waals surface area contributed by atoms with Crippen molar-refractivity contribution in [3.05, 3.63) is 53.3 Å². The van der Waals surface area contributed by atoms with Crippen LogP contribution < -0.4 is 0 Å². The molecule has 0 unspecified atom stereocenters.